The number of nitrogens with one attached hydrogen (secondary N) is 1. The maximum atomic E-state index is 11.4. The summed E-state index contributed by atoms with van der Waals surface area (Å²) >= 11 is 3.24. The molecule has 0 bridgehead atoms. The van der Waals surface area contributed by atoms with Crippen LogP contribution in [0.15, 0.2) is 0 Å². The van der Waals surface area contributed by atoms with E-state index in [1.54, 1.807) is 13.8 Å². The summed E-state index contributed by atoms with van der Waals surface area (Å²) in [5.74, 6) is -0.137. The number of carbonyl (C=O) groups is 1. The summed E-state index contributed by atoms with van der Waals surface area (Å²) in [5.41, 5.74) is 0. The van der Waals surface area contributed by atoms with Crippen LogP contribution < -0.4 is 5.32 Å². The van der Waals surface area contributed by atoms with E-state index in [4.69, 9.17) is 4.74 Å². The smallest absolute Gasteiger partial charge is 0.236 e. The average Bonchev–Trinajstić information content (AvgIpc) is 2.34. The Balaban J connectivity index is 2.45. The second kappa shape index (κ2) is 3.94. The number of aliphatic hydroxyl groups excluding tert-OH is 1. The number of alkyl halides is 1. The third-order valence-corrected chi connectivity index (χ3v) is 2.27. The van der Waals surface area contributed by atoms with E-state index in [1.165, 1.54) is 0 Å². The van der Waals surface area contributed by atoms with Crippen LogP contribution in [0, 0.1) is 0 Å². The Morgan fingerprint density at radius 1 is 1.62 bits per heavy atom. The van der Waals surface area contributed by atoms with E-state index in [-0.39, 0.29) is 11.9 Å². The van der Waals surface area contributed by atoms with Gasteiger partial charge in [-0.1, -0.05) is 15.9 Å². The normalized spacial score (nSPS) is 28.9. The van der Waals surface area contributed by atoms with Crippen LogP contribution in [-0.4, -0.2) is 40.7 Å². The predicted octanol–water partition coefficient (Wildman–Crippen LogP) is 0.0358. The molecule has 1 saturated heterocycles. The summed E-state index contributed by atoms with van der Waals surface area (Å²) in [6.07, 6.45) is -0.584. The lowest BCUT2D eigenvalue weighted by Crippen LogP contribution is -2.48. The Kier molecular flexibility index (Phi) is 3.32. The first kappa shape index (κ1) is 10.9. The van der Waals surface area contributed by atoms with Crippen molar-refractivity contribution in [2.45, 2.75) is 30.3 Å². The molecule has 5 heteroatoms. The zero-order valence-electron chi connectivity index (χ0n) is 7.71. The van der Waals surface area contributed by atoms with Gasteiger partial charge in [0.05, 0.1) is 29.7 Å². The van der Waals surface area contributed by atoms with Crippen LogP contribution in [0.4, 0.5) is 0 Å². The van der Waals surface area contributed by atoms with Crippen molar-refractivity contribution in [1.29, 1.82) is 0 Å². The minimum absolute atomic E-state index is 0.137. The first-order valence-electron chi connectivity index (χ1n) is 4.17. The quantitative estimate of drug-likeness (QED) is 0.682. The fourth-order valence-corrected chi connectivity index (χ4v) is 1.14. The molecule has 0 spiro atoms. The molecule has 1 aliphatic heterocycles. The van der Waals surface area contributed by atoms with Gasteiger partial charge in [-0.05, 0) is 13.8 Å². The lowest BCUT2D eigenvalue weighted by Gasteiger charge is -2.20. The predicted molar refractivity (Wildman–Crippen MR) is 51.8 cm³/mol. The SMILES string of the molecule is CC(C)(Br)C(=O)N[C@@H]1COC[C@H]1O. The summed E-state index contributed by atoms with van der Waals surface area (Å²) in [4.78, 5) is 11.4. The maximum Gasteiger partial charge on any atom is 0.236 e. The molecule has 13 heavy (non-hydrogen) atoms. The van der Waals surface area contributed by atoms with Crippen molar-refractivity contribution >= 4 is 21.8 Å². The zero-order chi connectivity index (χ0) is 10.1. The summed E-state index contributed by atoms with van der Waals surface area (Å²) in [6.45, 7) is 4.19. The molecule has 2 atom stereocenters. The molecule has 1 fully saturated rings. The number of carbonyl (C=O) groups excluding carboxylic acids is 1. The second-order valence-corrected chi connectivity index (χ2v) is 5.64. The van der Waals surface area contributed by atoms with E-state index in [0.717, 1.165) is 0 Å². The summed E-state index contributed by atoms with van der Waals surface area (Å²) < 4.78 is 4.40. The van der Waals surface area contributed by atoms with E-state index < -0.39 is 10.4 Å². The fraction of sp³-hybridized carbons (Fsp3) is 0.875. The molecular weight excluding hydrogens is 238 g/mol. The Labute approximate surface area is 85.8 Å². The summed E-state index contributed by atoms with van der Waals surface area (Å²) in [5, 5.41) is 12.1. The van der Waals surface area contributed by atoms with Gasteiger partial charge in [0.25, 0.3) is 0 Å². The minimum Gasteiger partial charge on any atom is -0.388 e. The van der Waals surface area contributed by atoms with Crippen molar-refractivity contribution in [3.8, 4) is 0 Å². The van der Waals surface area contributed by atoms with Crippen LogP contribution in [0.3, 0.4) is 0 Å². The Bertz CT molecular complexity index is 202. The molecule has 1 rings (SSSR count). The van der Waals surface area contributed by atoms with Crippen LogP contribution in [0.5, 0.6) is 0 Å². The van der Waals surface area contributed by atoms with Gasteiger partial charge in [0, 0.05) is 0 Å². The lowest BCUT2D eigenvalue weighted by molar-refractivity contribution is -0.123. The number of aliphatic hydroxyl groups is 1. The largest absolute Gasteiger partial charge is 0.388 e. The summed E-state index contributed by atoms with van der Waals surface area (Å²) in [6, 6.07) is -0.274. The topological polar surface area (TPSA) is 58.6 Å². The number of halogens is 1. The van der Waals surface area contributed by atoms with E-state index in [2.05, 4.69) is 21.2 Å². The highest BCUT2D eigenvalue weighted by atomic mass is 79.9. The van der Waals surface area contributed by atoms with Crippen molar-refractivity contribution in [2.75, 3.05) is 13.2 Å². The number of hydrogen-bond acceptors (Lipinski definition) is 3. The Hall–Kier alpha value is -0.130. The van der Waals surface area contributed by atoms with E-state index >= 15 is 0 Å². The van der Waals surface area contributed by atoms with E-state index in [9.17, 15) is 9.90 Å². The van der Waals surface area contributed by atoms with Crippen molar-refractivity contribution in [1.82, 2.24) is 5.32 Å². The molecule has 0 saturated carbocycles. The number of rotatable bonds is 2. The number of amides is 1. The summed E-state index contributed by atoms with van der Waals surface area (Å²) in [7, 11) is 0. The number of ether oxygens (including phenoxy) is 1. The average molecular weight is 252 g/mol. The molecule has 0 aliphatic carbocycles. The van der Waals surface area contributed by atoms with Crippen molar-refractivity contribution < 1.29 is 14.6 Å². The van der Waals surface area contributed by atoms with Crippen LogP contribution >= 0.6 is 15.9 Å². The molecule has 1 aliphatic rings. The van der Waals surface area contributed by atoms with Gasteiger partial charge >= 0.3 is 0 Å². The van der Waals surface area contributed by atoms with Crippen LogP contribution in [0.2, 0.25) is 0 Å². The van der Waals surface area contributed by atoms with Gasteiger partial charge in [-0.3, -0.25) is 4.79 Å². The standard InChI is InChI=1S/C8H14BrNO3/c1-8(2,9)7(12)10-5-3-13-4-6(5)11/h5-6,11H,3-4H2,1-2H3,(H,10,12)/t5-,6-/m1/s1. The fourth-order valence-electron chi connectivity index (χ4n) is 1.02. The van der Waals surface area contributed by atoms with Gasteiger partial charge in [-0.15, -0.1) is 0 Å². The third kappa shape index (κ3) is 2.93. The van der Waals surface area contributed by atoms with Crippen molar-refractivity contribution in [3.63, 3.8) is 0 Å². The van der Waals surface area contributed by atoms with Crippen molar-refractivity contribution in [3.05, 3.63) is 0 Å². The van der Waals surface area contributed by atoms with Crippen LogP contribution in [0.25, 0.3) is 0 Å². The first-order chi connectivity index (χ1) is 5.91. The van der Waals surface area contributed by atoms with Gasteiger partial charge in [0.2, 0.25) is 5.91 Å². The van der Waals surface area contributed by atoms with Gasteiger partial charge < -0.3 is 15.2 Å². The van der Waals surface area contributed by atoms with Crippen LogP contribution in [0.1, 0.15) is 13.8 Å². The van der Waals surface area contributed by atoms with Gasteiger partial charge in [0.1, 0.15) is 0 Å². The monoisotopic (exact) mass is 251 g/mol. The molecule has 2 N–H and O–H groups in total. The second-order valence-electron chi connectivity index (χ2n) is 3.66. The third-order valence-electron chi connectivity index (χ3n) is 1.91. The van der Waals surface area contributed by atoms with Gasteiger partial charge in [0.15, 0.2) is 0 Å². The van der Waals surface area contributed by atoms with E-state index in [0.29, 0.717) is 13.2 Å². The minimum atomic E-state index is -0.602. The van der Waals surface area contributed by atoms with E-state index in [1.807, 2.05) is 0 Å². The Morgan fingerprint density at radius 3 is 2.62 bits per heavy atom. The zero-order valence-corrected chi connectivity index (χ0v) is 9.30. The highest BCUT2D eigenvalue weighted by Crippen LogP contribution is 2.16. The van der Waals surface area contributed by atoms with Gasteiger partial charge in [-0.2, -0.15) is 0 Å². The molecule has 76 valence electrons. The maximum absolute atomic E-state index is 11.4. The Morgan fingerprint density at radius 2 is 2.23 bits per heavy atom. The lowest BCUT2D eigenvalue weighted by atomic mass is 10.1. The molecule has 0 unspecified atom stereocenters. The first-order valence-corrected chi connectivity index (χ1v) is 4.96. The van der Waals surface area contributed by atoms with Crippen molar-refractivity contribution in [2.24, 2.45) is 0 Å². The van der Waals surface area contributed by atoms with Gasteiger partial charge in [-0.25, -0.2) is 0 Å². The highest BCUT2D eigenvalue weighted by molar-refractivity contribution is 9.10. The van der Waals surface area contributed by atoms with Crippen LogP contribution in [-0.2, 0) is 9.53 Å². The highest BCUT2D eigenvalue weighted by Gasteiger charge is 2.32. The molecule has 1 amide bonds. The molecule has 0 radical (unpaired) electrons. The molecule has 0 aromatic heterocycles. The number of hydrogen-bond donors (Lipinski definition) is 2. The molecule has 0 aromatic carbocycles. The molecular formula is C8H14BrNO3. The molecule has 0 aromatic rings. The molecule has 4 nitrogen and oxygen atoms in total. The molecule has 1 heterocycles.